The molecule has 1 aromatic heterocycles. The van der Waals surface area contributed by atoms with E-state index in [2.05, 4.69) is 10.3 Å². The van der Waals surface area contributed by atoms with Crippen LogP contribution in [0.25, 0.3) is 0 Å². The zero-order valence-corrected chi connectivity index (χ0v) is 17.7. The first kappa shape index (κ1) is 20.3. The number of nitrogens with one attached hydrogen (secondary N) is 1. The molecule has 1 aliphatic rings. The number of fused-ring (bicyclic) bond motifs is 1. The molecule has 0 unspecified atom stereocenters. The fraction of sp³-hybridized carbons (Fsp3) is 0.412. The third-order valence-electron chi connectivity index (χ3n) is 4.07. The van der Waals surface area contributed by atoms with Gasteiger partial charge in [-0.15, -0.1) is 23.1 Å². The molecule has 1 aliphatic heterocycles. The van der Waals surface area contributed by atoms with E-state index in [1.165, 1.54) is 34.0 Å². The highest BCUT2D eigenvalue weighted by atomic mass is 32.2. The summed E-state index contributed by atoms with van der Waals surface area (Å²) in [5.41, 5.74) is 0.874. The van der Waals surface area contributed by atoms with Crippen LogP contribution in [0.15, 0.2) is 35.2 Å². The molecule has 1 N–H and O–H groups in total. The van der Waals surface area contributed by atoms with Crippen molar-refractivity contribution in [3.05, 3.63) is 40.9 Å². The van der Waals surface area contributed by atoms with Gasteiger partial charge in [-0.1, -0.05) is 18.2 Å². The van der Waals surface area contributed by atoms with E-state index in [1.54, 1.807) is 11.8 Å². The van der Waals surface area contributed by atoms with Crippen LogP contribution in [-0.2, 0) is 28.0 Å². The monoisotopic (exact) mass is 426 g/mol. The van der Waals surface area contributed by atoms with E-state index in [0.717, 1.165) is 15.5 Å². The number of benzene rings is 1. The number of hydrogen-bond acceptors (Lipinski definition) is 6. The van der Waals surface area contributed by atoms with Crippen LogP contribution in [0, 0.1) is 0 Å². The number of aromatic nitrogens is 1. The highest BCUT2D eigenvalue weighted by molar-refractivity contribution is 7.99. The predicted octanol–water partition coefficient (Wildman–Crippen LogP) is 2.43. The standard InChI is InChI=1S/C17H22N4O3S3/c1-20(2)27(23,24)21-10-8-14-15(12-21)26-17(18-14)19-16(22)9-11-25-13-6-4-3-5-7-13/h3-7H,8-12H2,1-2H3,(H,18,19,22). The molecule has 0 atom stereocenters. The molecule has 0 saturated heterocycles. The van der Waals surface area contributed by atoms with Gasteiger partial charge in [0.1, 0.15) is 0 Å². The molecule has 0 bridgehead atoms. The van der Waals surface area contributed by atoms with Crippen LogP contribution in [0.4, 0.5) is 5.13 Å². The molecule has 0 spiro atoms. The lowest BCUT2D eigenvalue weighted by Crippen LogP contribution is -2.42. The van der Waals surface area contributed by atoms with Gasteiger partial charge in [-0.3, -0.25) is 4.79 Å². The lowest BCUT2D eigenvalue weighted by Gasteiger charge is -2.27. The van der Waals surface area contributed by atoms with E-state index in [1.807, 2.05) is 30.3 Å². The molecule has 3 rings (SSSR count). The van der Waals surface area contributed by atoms with Crippen molar-refractivity contribution in [1.29, 1.82) is 0 Å². The second kappa shape index (κ2) is 8.70. The highest BCUT2D eigenvalue weighted by Gasteiger charge is 2.30. The van der Waals surface area contributed by atoms with Gasteiger partial charge >= 0.3 is 0 Å². The van der Waals surface area contributed by atoms with Gasteiger partial charge in [-0.2, -0.15) is 17.0 Å². The first-order valence-electron chi connectivity index (χ1n) is 8.50. The van der Waals surface area contributed by atoms with E-state index in [0.29, 0.717) is 36.8 Å². The van der Waals surface area contributed by atoms with Gasteiger partial charge in [0.15, 0.2) is 5.13 Å². The summed E-state index contributed by atoms with van der Waals surface area (Å²) >= 11 is 2.99. The second-order valence-corrected chi connectivity index (χ2v) is 10.6. The average Bonchev–Trinajstić information content (AvgIpc) is 3.03. The zero-order valence-electron chi connectivity index (χ0n) is 15.2. The van der Waals surface area contributed by atoms with Crippen molar-refractivity contribution < 1.29 is 13.2 Å². The Labute approximate surface area is 168 Å². The van der Waals surface area contributed by atoms with E-state index in [9.17, 15) is 13.2 Å². The number of carbonyl (C=O) groups excluding carboxylic acids is 1. The maximum absolute atomic E-state index is 12.3. The van der Waals surface area contributed by atoms with Crippen LogP contribution < -0.4 is 5.32 Å². The van der Waals surface area contributed by atoms with Crippen molar-refractivity contribution in [1.82, 2.24) is 13.6 Å². The Morgan fingerprint density at radius 2 is 2.07 bits per heavy atom. The summed E-state index contributed by atoms with van der Waals surface area (Å²) in [5, 5.41) is 3.38. The molecule has 2 aromatic rings. The minimum Gasteiger partial charge on any atom is -0.302 e. The number of rotatable bonds is 7. The Balaban J connectivity index is 1.54. The molecule has 0 radical (unpaired) electrons. The van der Waals surface area contributed by atoms with Gasteiger partial charge in [0, 0.05) is 49.0 Å². The summed E-state index contributed by atoms with van der Waals surface area (Å²) in [6.45, 7) is 0.700. The Morgan fingerprint density at radius 1 is 1.33 bits per heavy atom. The highest BCUT2D eigenvalue weighted by Crippen LogP contribution is 2.30. The van der Waals surface area contributed by atoms with Gasteiger partial charge in [-0.05, 0) is 12.1 Å². The summed E-state index contributed by atoms with van der Waals surface area (Å²) in [7, 11) is -0.391. The van der Waals surface area contributed by atoms with Gasteiger partial charge < -0.3 is 5.32 Å². The number of thioether (sulfide) groups is 1. The third-order valence-corrected chi connectivity index (χ3v) is 7.97. The Bertz CT molecular complexity index is 897. The van der Waals surface area contributed by atoms with Gasteiger partial charge in [0.2, 0.25) is 5.91 Å². The van der Waals surface area contributed by atoms with Crippen molar-refractivity contribution in [3.63, 3.8) is 0 Å². The van der Waals surface area contributed by atoms with Crippen molar-refractivity contribution in [3.8, 4) is 0 Å². The van der Waals surface area contributed by atoms with E-state index >= 15 is 0 Å². The van der Waals surface area contributed by atoms with E-state index < -0.39 is 10.2 Å². The largest absolute Gasteiger partial charge is 0.302 e. The van der Waals surface area contributed by atoms with Crippen LogP contribution in [0.2, 0.25) is 0 Å². The molecule has 0 aliphatic carbocycles. The molecule has 7 nitrogen and oxygen atoms in total. The van der Waals surface area contributed by atoms with Gasteiger partial charge in [-0.25, -0.2) is 4.98 Å². The van der Waals surface area contributed by atoms with Crippen LogP contribution in [-0.4, -0.2) is 54.3 Å². The first-order chi connectivity index (χ1) is 12.9. The minimum absolute atomic E-state index is 0.0812. The number of nitrogens with zero attached hydrogens (tertiary/aromatic N) is 3. The summed E-state index contributed by atoms with van der Waals surface area (Å²) in [5.74, 6) is 0.609. The van der Waals surface area contributed by atoms with Gasteiger partial charge in [0.05, 0.1) is 12.2 Å². The van der Waals surface area contributed by atoms with Crippen LogP contribution in [0.3, 0.4) is 0 Å². The van der Waals surface area contributed by atoms with E-state index in [4.69, 9.17) is 0 Å². The van der Waals surface area contributed by atoms with Crippen molar-refractivity contribution in [2.75, 3.05) is 31.7 Å². The molecule has 1 amide bonds. The molecule has 146 valence electrons. The second-order valence-electron chi connectivity index (χ2n) is 6.22. The quantitative estimate of drug-likeness (QED) is 0.688. The molecule has 27 heavy (non-hydrogen) atoms. The van der Waals surface area contributed by atoms with Crippen LogP contribution >= 0.6 is 23.1 Å². The molecule has 1 aromatic carbocycles. The molecular formula is C17H22N4O3S3. The van der Waals surface area contributed by atoms with Gasteiger partial charge in [0.25, 0.3) is 10.2 Å². The maximum atomic E-state index is 12.3. The van der Waals surface area contributed by atoms with Crippen LogP contribution in [0.1, 0.15) is 17.0 Å². The molecule has 0 saturated carbocycles. The Morgan fingerprint density at radius 3 is 2.78 bits per heavy atom. The SMILES string of the molecule is CN(C)S(=O)(=O)N1CCc2nc(NC(=O)CCSc3ccccc3)sc2C1. The summed E-state index contributed by atoms with van der Waals surface area (Å²) < 4.78 is 27.2. The summed E-state index contributed by atoms with van der Waals surface area (Å²) in [4.78, 5) is 18.6. The minimum atomic E-state index is -3.44. The number of thiazole rings is 1. The third kappa shape index (κ3) is 5.08. The zero-order chi connectivity index (χ0) is 19.4. The molecular weight excluding hydrogens is 404 g/mol. The van der Waals surface area contributed by atoms with Crippen LogP contribution in [0.5, 0.6) is 0 Å². The summed E-state index contributed by atoms with van der Waals surface area (Å²) in [6, 6.07) is 9.95. The smallest absolute Gasteiger partial charge is 0.281 e. The Hall–Kier alpha value is -1.46. The lowest BCUT2D eigenvalue weighted by molar-refractivity contribution is -0.115. The van der Waals surface area contributed by atoms with E-state index in [-0.39, 0.29) is 5.91 Å². The molecule has 0 fully saturated rings. The maximum Gasteiger partial charge on any atom is 0.281 e. The normalized spacial score (nSPS) is 14.9. The molecule has 10 heteroatoms. The fourth-order valence-corrected chi connectivity index (χ4v) is 5.68. The van der Waals surface area contributed by atoms with Crippen molar-refractivity contribution >= 4 is 44.3 Å². The molecule has 2 heterocycles. The number of carbonyl (C=O) groups is 1. The first-order valence-corrected chi connectivity index (χ1v) is 11.7. The lowest BCUT2D eigenvalue weighted by atomic mass is 10.2. The number of hydrogen-bond donors (Lipinski definition) is 1. The summed E-state index contributed by atoms with van der Waals surface area (Å²) in [6.07, 6.45) is 0.948. The number of anilines is 1. The van der Waals surface area contributed by atoms with Crippen molar-refractivity contribution in [2.24, 2.45) is 0 Å². The topological polar surface area (TPSA) is 82.6 Å². The van der Waals surface area contributed by atoms with Crippen molar-refractivity contribution in [2.45, 2.75) is 24.3 Å². The Kier molecular flexibility index (Phi) is 6.53. The predicted molar refractivity (Wildman–Crippen MR) is 109 cm³/mol. The fourth-order valence-electron chi connectivity index (χ4n) is 2.61. The number of amides is 1. The average molecular weight is 427 g/mol.